The predicted molar refractivity (Wildman–Crippen MR) is 55.8 cm³/mol. The highest BCUT2D eigenvalue weighted by Crippen LogP contribution is 2.32. The normalized spacial score (nSPS) is 12.3. The Bertz CT molecular complexity index is 382. The molecule has 1 rings (SSSR count). The second-order valence-electron chi connectivity index (χ2n) is 3.12. The fourth-order valence-corrected chi connectivity index (χ4v) is 1.27. The summed E-state index contributed by atoms with van der Waals surface area (Å²) in [4.78, 5) is 0. The van der Waals surface area contributed by atoms with E-state index < -0.39 is 17.6 Å². The molecule has 0 aromatic heterocycles. The molecule has 0 saturated carbocycles. The van der Waals surface area contributed by atoms with Crippen molar-refractivity contribution in [1.82, 2.24) is 0 Å². The van der Waals surface area contributed by atoms with Gasteiger partial charge in [0, 0.05) is 5.88 Å². The Morgan fingerprint density at radius 3 is 2.50 bits per heavy atom. The fraction of sp³-hybridized carbons (Fsp3) is 0.273. The Morgan fingerprint density at radius 2 is 1.94 bits per heavy atom. The van der Waals surface area contributed by atoms with Gasteiger partial charge in [0.05, 0.1) is 5.56 Å². The van der Waals surface area contributed by atoms with Crippen molar-refractivity contribution in [1.29, 1.82) is 0 Å². The first-order valence-corrected chi connectivity index (χ1v) is 5.08. The van der Waals surface area contributed by atoms with Crippen LogP contribution >= 0.6 is 11.6 Å². The third-order valence-electron chi connectivity index (χ3n) is 1.88. The van der Waals surface area contributed by atoms with Crippen LogP contribution in [0.25, 0.3) is 6.08 Å². The lowest BCUT2D eigenvalue weighted by Gasteiger charge is -2.08. The van der Waals surface area contributed by atoms with E-state index in [1.807, 2.05) is 0 Å². The smallest absolute Gasteiger partial charge is 0.206 e. The van der Waals surface area contributed by atoms with Crippen LogP contribution in [0.4, 0.5) is 17.6 Å². The van der Waals surface area contributed by atoms with Crippen LogP contribution < -0.4 is 0 Å². The lowest BCUT2D eigenvalue weighted by atomic mass is 10.1. The van der Waals surface area contributed by atoms with Gasteiger partial charge in [-0.1, -0.05) is 18.2 Å². The maximum atomic E-state index is 12.9. The van der Waals surface area contributed by atoms with Crippen LogP contribution in [-0.2, 0) is 6.18 Å². The molecule has 1 aromatic carbocycles. The van der Waals surface area contributed by atoms with Crippen LogP contribution in [0, 0.1) is 5.82 Å². The van der Waals surface area contributed by atoms with E-state index in [0.29, 0.717) is 17.9 Å². The summed E-state index contributed by atoms with van der Waals surface area (Å²) >= 11 is 5.41. The van der Waals surface area contributed by atoms with Crippen molar-refractivity contribution < 1.29 is 17.6 Å². The summed E-state index contributed by atoms with van der Waals surface area (Å²) in [6.07, 6.45) is -0.988. The molecular weight excluding hydrogens is 244 g/mol. The molecular formula is C11H9ClF4. The van der Waals surface area contributed by atoms with E-state index in [0.717, 1.165) is 12.1 Å². The quantitative estimate of drug-likeness (QED) is 0.549. The largest absolute Gasteiger partial charge is 0.419 e. The van der Waals surface area contributed by atoms with Gasteiger partial charge in [0.25, 0.3) is 0 Å². The van der Waals surface area contributed by atoms with E-state index in [1.54, 1.807) is 6.08 Å². The Labute approximate surface area is 95.5 Å². The molecule has 88 valence electrons. The number of alkyl halides is 4. The molecule has 0 aliphatic heterocycles. The van der Waals surface area contributed by atoms with Crippen molar-refractivity contribution in [3.63, 3.8) is 0 Å². The summed E-state index contributed by atoms with van der Waals surface area (Å²) in [7, 11) is 0. The summed E-state index contributed by atoms with van der Waals surface area (Å²) in [6.45, 7) is 0. The highest BCUT2D eigenvalue weighted by molar-refractivity contribution is 6.17. The zero-order valence-electron chi connectivity index (χ0n) is 8.19. The SMILES string of the molecule is Fc1ccc(C=CCCCl)cc1C(F)(F)F. The number of benzene rings is 1. The molecule has 0 N–H and O–H groups in total. The van der Waals surface area contributed by atoms with Crippen LogP contribution in [0.15, 0.2) is 24.3 Å². The summed E-state index contributed by atoms with van der Waals surface area (Å²) in [5.41, 5.74) is -0.945. The molecule has 0 aliphatic rings. The maximum Gasteiger partial charge on any atom is 0.419 e. The van der Waals surface area contributed by atoms with Crippen molar-refractivity contribution in [2.45, 2.75) is 12.6 Å². The number of hydrogen-bond donors (Lipinski definition) is 0. The van der Waals surface area contributed by atoms with Crippen LogP contribution in [0.5, 0.6) is 0 Å². The molecule has 0 nitrogen and oxygen atoms in total. The van der Waals surface area contributed by atoms with Gasteiger partial charge in [-0.3, -0.25) is 0 Å². The van der Waals surface area contributed by atoms with Crippen molar-refractivity contribution in [3.8, 4) is 0 Å². The van der Waals surface area contributed by atoms with Gasteiger partial charge in [-0.15, -0.1) is 11.6 Å². The summed E-state index contributed by atoms with van der Waals surface area (Å²) in [6, 6.07) is 2.87. The van der Waals surface area contributed by atoms with E-state index in [9.17, 15) is 17.6 Å². The minimum Gasteiger partial charge on any atom is -0.206 e. The Balaban J connectivity index is 2.99. The molecule has 1 aromatic rings. The van der Waals surface area contributed by atoms with Crippen LogP contribution in [0.2, 0.25) is 0 Å². The third-order valence-corrected chi connectivity index (χ3v) is 2.10. The third kappa shape index (κ3) is 3.52. The maximum absolute atomic E-state index is 12.9. The lowest BCUT2D eigenvalue weighted by molar-refractivity contribution is -0.140. The predicted octanol–water partition coefficient (Wildman–Crippen LogP) is 4.49. The van der Waals surface area contributed by atoms with Gasteiger partial charge in [0.15, 0.2) is 0 Å². The molecule has 0 saturated heterocycles. The van der Waals surface area contributed by atoms with Gasteiger partial charge in [-0.05, 0) is 24.1 Å². The molecule has 0 fully saturated rings. The molecule has 0 aliphatic carbocycles. The number of allylic oxidation sites excluding steroid dienone is 1. The van der Waals surface area contributed by atoms with Crippen LogP contribution in [-0.4, -0.2) is 5.88 Å². The Kier molecular flexibility index (Phi) is 4.35. The average Bonchev–Trinajstić information content (AvgIpc) is 2.19. The van der Waals surface area contributed by atoms with E-state index in [1.165, 1.54) is 12.1 Å². The summed E-state index contributed by atoms with van der Waals surface area (Å²) < 4.78 is 49.9. The van der Waals surface area contributed by atoms with Gasteiger partial charge >= 0.3 is 6.18 Å². The Morgan fingerprint density at radius 1 is 1.25 bits per heavy atom. The van der Waals surface area contributed by atoms with Gasteiger partial charge in [-0.2, -0.15) is 13.2 Å². The molecule has 0 atom stereocenters. The zero-order valence-corrected chi connectivity index (χ0v) is 8.95. The molecule has 0 heterocycles. The minimum atomic E-state index is -4.67. The van der Waals surface area contributed by atoms with Crippen molar-refractivity contribution in [2.24, 2.45) is 0 Å². The molecule has 16 heavy (non-hydrogen) atoms. The molecule has 0 radical (unpaired) electrons. The van der Waals surface area contributed by atoms with E-state index in [4.69, 9.17) is 11.6 Å². The summed E-state index contributed by atoms with van der Waals surface area (Å²) in [5.74, 6) is -0.869. The lowest BCUT2D eigenvalue weighted by Crippen LogP contribution is -2.08. The van der Waals surface area contributed by atoms with E-state index >= 15 is 0 Å². The van der Waals surface area contributed by atoms with Crippen molar-refractivity contribution in [2.75, 3.05) is 5.88 Å². The Hall–Kier alpha value is -1.03. The fourth-order valence-electron chi connectivity index (χ4n) is 1.15. The molecule has 0 spiro atoms. The van der Waals surface area contributed by atoms with Gasteiger partial charge in [0.2, 0.25) is 0 Å². The highest BCUT2D eigenvalue weighted by atomic mass is 35.5. The second-order valence-corrected chi connectivity index (χ2v) is 3.50. The van der Waals surface area contributed by atoms with E-state index in [2.05, 4.69) is 0 Å². The van der Waals surface area contributed by atoms with Crippen molar-refractivity contribution >= 4 is 17.7 Å². The minimum absolute atomic E-state index is 0.304. The molecule has 5 heteroatoms. The standard InChI is InChI=1S/C11H9ClF4/c12-6-2-1-3-8-4-5-10(13)9(7-8)11(14,15)16/h1,3-5,7H,2,6H2. The van der Waals surface area contributed by atoms with Gasteiger partial charge < -0.3 is 0 Å². The number of halogens is 5. The first kappa shape index (κ1) is 13.0. The van der Waals surface area contributed by atoms with E-state index in [-0.39, 0.29) is 0 Å². The first-order valence-electron chi connectivity index (χ1n) is 4.54. The van der Waals surface area contributed by atoms with Crippen molar-refractivity contribution in [3.05, 3.63) is 41.2 Å². The monoisotopic (exact) mass is 252 g/mol. The second kappa shape index (κ2) is 5.34. The van der Waals surface area contributed by atoms with Crippen LogP contribution in [0.3, 0.4) is 0 Å². The molecule has 0 unspecified atom stereocenters. The molecule has 0 amide bonds. The van der Waals surface area contributed by atoms with Gasteiger partial charge in [-0.25, -0.2) is 4.39 Å². The zero-order chi connectivity index (χ0) is 12.2. The average molecular weight is 253 g/mol. The number of hydrogen-bond acceptors (Lipinski definition) is 0. The van der Waals surface area contributed by atoms with Crippen LogP contribution in [0.1, 0.15) is 17.5 Å². The topological polar surface area (TPSA) is 0 Å². The van der Waals surface area contributed by atoms with Gasteiger partial charge in [0.1, 0.15) is 5.82 Å². The number of rotatable bonds is 3. The first-order chi connectivity index (χ1) is 7.45. The molecule has 0 bridgehead atoms. The summed E-state index contributed by atoms with van der Waals surface area (Å²) in [5, 5.41) is 0. The highest BCUT2D eigenvalue weighted by Gasteiger charge is 2.33.